The Morgan fingerprint density at radius 2 is 2.14 bits per heavy atom. The SMILES string of the molecule is CC(N)CCC(=O)Nc1ccc(OCC(F)(F)C(F)F)nc1. The molecule has 0 aromatic carbocycles. The summed E-state index contributed by atoms with van der Waals surface area (Å²) in [7, 11) is 0. The van der Waals surface area contributed by atoms with Crippen molar-refractivity contribution < 1.29 is 27.1 Å². The number of alkyl halides is 4. The average Bonchev–Trinajstić information content (AvgIpc) is 2.44. The summed E-state index contributed by atoms with van der Waals surface area (Å²) >= 11 is 0. The molecule has 1 aromatic heterocycles. The Kier molecular flexibility index (Phi) is 6.54. The number of ether oxygens (including phenoxy) is 1. The summed E-state index contributed by atoms with van der Waals surface area (Å²) < 4.78 is 53.7. The van der Waals surface area contributed by atoms with Crippen molar-refractivity contribution in [3.63, 3.8) is 0 Å². The number of carbonyl (C=O) groups is 1. The first-order valence-corrected chi connectivity index (χ1v) is 6.51. The number of carbonyl (C=O) groups excluding carboxylic acids is 1. The molecule has 124 valence electrons. The summed E-state index contributed by atoms with van der Waals surface area (Å²) in [6, 6.07) is 2.46. The summed E-state index contributed by atoms with van der Waals surface area (Å²) in [5.74, 6) is -4.75. The topological polar surface area (TPSA) is 77.2 Å². The maximum Gasteiger partial charge on any atom is 0.340 e. The highest BCUT2D eigenvalue weighted by Gasteiger charge is 2.41. The lowest BCUT2D eigenvalue weighted by atomic mass is 10.2. The van der Waals surface area contributed by atoms with Gasteiger partial charge in [0, 0.05) is 18.5 Å². The summed E-state index contributed by atoms with van der Waals surface area (Å²) in [6.45, 7) is 0.300. The molecule has 1 aromatic rings. The fourth-order valence-electron chi connectivity index (χ4n) is 1.36. The van der Waals surface area contributed by atoms with Gasteiger partial charge in [-0.25, -0.2) is 13.8 Å². The minimum Gasteiger partial charge on any atom is -0.471 e. The number of nitrogens with one attached hydrogen (secondary N) is 1. The van der Waals surface area contributed by atoms with Gasteiger partial charge in [0.1, 0.15) is 0 Å². The number of aromatic nitrogens is 1. The summed E-state index contributed by atoms with van der Waals surface area (Å²) in [5, 5.41) is 2.53. The van der Waals surface area contributed by atoms with Gasteiger partial charge in [-0.2, -0.15) is 8.78 Å². The number of amides is 1. The lowest BCUT2D eigenvalue weighted by molar-refractivity contribution is -0.148. The number of pyridine rings is 1. The number of nitrogens with zero attached hydrogens (tertiary/aromatic N) is 1. The predicted octanol–water partition coefficient (Wildman–Crippen LogP) is 2.43. The Bertz CT molecular complexity index is 481. The lowest BCUT2D eigenvalue weighted by Crippen LogP contribution is -2.33. The highest BCUT2D eigenvalue weighted by atomic mass is 19.3. The zero-order valence-corrected chi connectivity index (χ0v) is 11.9. The number of anilines is 1. The molecule has 0 saturated heterocycles. The third-order valence-corrected chi connectivity index (χ3v) is 2.58. The van der Waals surface area contributed by atoms with Crippen molar-refractivity contribution in [1.82, 2.24) is 4.98 Å². The Morgan fingerprint density at radius 3 is 2.64 bits per heavy atom. The van der Waals surface area contributed by atoms with Crippen molar-refractivity contribution in [3.05, 3.63) is 18.3 Å². The zero-order chi connectivity index (χ0) is 16.8. The van der Waals surface area contributed by atoms with Gasteiger partial charge in [-0.3, -0.25) is 4.79 Å². The fourth-order valence-corrected chi connectivity index (χ4v) is 1.36. The van der Waals surface area contributed by atoms with Gasteiger partial charge in [0.2, 0.25) is 11.8 Å². The molecular formula is C13H17F4N3O2. The van der Waals surface area contributed by atoms with E-state index in [-0.39, 0.29) is 24.2 Å². The van der Waals surface area contributed by atoms with Gasteiger partial charge in [0.15, 0.2) is 6.61 Å². The van der Waals surface area contributed by atoms with Gasteiger partial charge in [0.05, 0.1) is 11.9 Å². The highest BCUT2D eigenvalue weighted by molar-refractivity contribution is 5.90. The standard InChI is InChI=1S/C13H17F4N3O2/c1-8(18)2-4-10(21)20-9-3-5-11(19-6-9)22-7-13(16,17)12(14)15/h3,5-6,8,12H,2,4,7,18H2,1H3,(H,20,21). The normalized spacial score (nSPS) is 13.0. The van der Waals surface area contributed by atoms with Crippen LogP contribution in [0.1, 0.15) is 19.8 Å². The maximum absolute atomic E-state index is 12.7. The second kappa shape index (κ2) is 7.92. The zero-order valence-electron chi connectivity index (χ0n) is 11.9. The quantitative estimate of drug-likeness (QED) is 0.720. The van der Waals surface area contributed by atoms with E-state index in [2.05, 4.69) is 15.0 Å². The molecule has 0 aliphatic heterocycles. The van der Waals surface area contributed by atoms with Crippen LogP contribution in [0.4, 0.5) is 23.2 Å². The van der Waals surface area contributed by atoms with Gasteiger partial charge < -0.3 is 15.8 Å². The van der Waals surface area contributed by atoms with Crippen molar-refractivity contribution in [2.24, 2.45) is 5.73 Å². The number of halogens is 4. The number of hydrogen-bond acceptors (Lipinski definition) is 4. The van der Waals surface area contributed by atoms with Crippen LogP contribution in [-0.2, 0) is 4.79 Å². The summed E-state index contributed by atoms with van der Waals surface area (Å²) in [4.78, 5) is 15.2. The van der Waals surface area contributed by atoms with Crippen LogP contribution in [-0.4, -0.2) is 35.9 Å². The molecule has 1 heterocycles. The van der Waals surface area contributed by atoms with Crippen LogP contribution in [0.2, 0.25) is 0 Å². The van der Waals surface area contributed by atoms with Crippen molar-refractivity contribution in [3.8, 4) is 5.88 Å². The molecule has 1 rings (SSSR count). The monoisotopic (exact) mass is 323 g/mol. The molecule has 9 heteroatoms. The lowest BCUT2D eigenvalue weighted by Gasteiger charge is -2.15. The van der Waals surface area contributed by atoms with Crippen molar-refractivity contribution >= 4 is 11.6 Å². The summed E-state index contributed by atoms with van der Waals surface area (Å²) in [6.07, 6.45) is -1.88. The molecule has 0 radical (unpaired) electrons. The van der Waals surface area contributed by atoms with Crippen molar-refractivity contribution in [2.75, 3.05) is 11.9 Å². The van der Waals surface area contributed by atoms with E-state index in [1.165, 1.54) is 18.3 Å². The first-order valence-electron chi connectivity index (χ1n) is 6.51. The smallest absolute Gasteiger partial charge is 0.340 e. The minimum absolute atomic E-state index is 0.101. The van der Waals surface area contributed by atoms with E-state index in [0.717, 1.165) is 0 Å². The molecule has 3 N–H and O–H groups in total. The first kappa shape index (κ1) is 18.1. The molecule has 0 fully saturated rings. The minimum atomic E-state index is -4.24. The predicted molar refractivity (Wildman–Crippen MR) is 72.2 cm³/mol. The molecule has 0 bridgehead atoms. The molecule has 1 atom stereocenters. The molecule has 0 aliphatic rings. The van der Waals surface area contributed by atoms with Crippen LogP contribution >= 0.6 is 0 Å². The maximum atomic E-state index is 12.7. The van der Waals surface area contributed by atoms with Gasteiger partial charge in [-0.05, 0) is 19.4 Å². The largest absolute Gasteiger partial charge is 0.471 e. The Balaban J connectivity index is 2.48. The van der Waals surface area contributed by atoms with Crippen LogP contribution in [0, 0.1) is 0 Å². The molecule has 1 unspecified atom stereocenters. The van der Waals surface area contributed by atoms with Crippen LogP contribution < -0.4 is 15.8 Å². The van der Waals surface area contributed by atoms with Gasteiger partial charge in [-0.15, -0.1) is 0 Å². The van der Waals surface area contributed by atoms with E-state index < -0.39 is 19.0 Å². The van der Waals surface area contributed by atoms with E-state index in [0.29, 0.717) is 12.1 Å². The van der Waals surface area contributed by atoms with Crippen LogP contribution in [0.15, 0.2) is 18.3 Å². The van der Waals surface area contributed by atoms with Crippen LogP contribution in [0.25, 0.3) is 0 Å². The van der Waals surface area contributed by atoms with E-state index in [1.54, 1.807) is 6.92 Å². The molecule has 0 spiro atoms. The van der Waals surface area contributed by atoms with Gasteiger partial charge >= 0.3 is 12.3 Å². The molecule has 5 nitrogen and oxygen atoms in total. The average molecular weight is 323 g/mol. The van der Waals surface area contributed by atoms with Crippen LogP contribution in [0.5, 0.6) is 5.88 Å². The second-order valence-electron chi connectivity index (χ2n) is 4.80. The molecule has 0 saturated carbocycles. The van der Waals surface area contributed by atoms with Gasteiger partial charge in [-0.1, -0.05) is 0 Å². The number of nitrogens with two attached hydrogens (primary N) is 1. The van der Waals surface area contributed by atoms with Crippen molar-refractivity contribution in [2.45, 2.75) is 38.2 Å². The number of rotatable bonds is 8. The van der Waals surface area contributed by atoms with E-state index in [1.807, 2.05) is 0 Å². The third kappa shape index (κ3) is 6.25. The van der Waals surface area contributed by atoms with Crippen LogP contribution in [0.3, 0.4) is 0 Å². The summed E-state index contributed by atoms with van der Waals surface area (Å²) in [5.41, 5.74) is 5.86. The van der Waals surface area contributed by atoms with Gasteiger partial charge in [0.25, 0.3) is 0 Å². The molecular weight excluding hydrogens is 306 g/mol. The fraction of sp³-hybridized carbons (Fsp3) is 0.538. The Morgan fingerprint density at radius 1 is 1.45 bits per heavy atom. The van der Waals surface area contributed by atoms with Crippen molar-refractivity contribution in [1.29, 1.82) is 0 Å². The Labute approximate surface area is 124 Å². The van der Waals surface area contributed by atoms with E-state index in [4.69, 9.17) is 5.73 Å². The first-order chi connectivity index (χ1) is 10.2. The number of hydrogen-bond donors (Lipinski definition) is 2. The molecule has 0 aliphatic carbocycles. The van der Waals surface area contributed by atoms with E-state index in [9.17, 15) is 22.4 Å². The Hall–Kier alpha value is -1.90. The highest BCUT2D eigenvalue weighted by Crippen LogP contribution is 2.24. The molecule has 1 amide bonds. The second-order valence-corrected chi connectivity index (χ2v) is 4.80. The van der Waals surface area contributed by atoms with E-state index >= 15 is 0 Å². The molecule has 22 heavy (non-hydrogen) atoms. The third-order valence-electron chi connectivity index (χ3n) is 2.58.